The van der Waals surface area contributed by atoms with Gasteiger partial charge >= 0.3 is 0 Å². The minimum Gasteiger partial charge on any atom is -0.206 e. The normalized spacial score (nSPS) is 13.5. The van der Waals surface area contributed by atoms with Crippen LogP contribution in [-0.4, -0.2) is 5.16 Å². The molecule has 1 nitrogen and oxygen atoms in total. The largest absolute Gasteiger partial charge is 0.206 e. The average Bonchev–Trinajstić information content (AvgIpc) is 3.20. The second-order valence-corrected chi connectivity index (χ2v) is 6.38. The van der Waals surface area contributed by atoms with Crippen molar-refractivity contribution in [3.8, 4) is 11.8 Å². The van der Waals surface area contributed by atoms with Gasteiger partial charge < -0.3 is 0 Å². The molecular formula is C18H11F2NS2. The van der Waals surface area contributed by atoms with Crippen molar-refractivity contribution < 1.29 is 8.78 Å². The van der Waals surface area contributed by atoms with Gasteiger partial charge in [-0.1, -0.05) is 24.0 Å². The molecule has 5 heteroatoms. The first kappa shape index (κ1) is 15.8. The Kier molecular flexibility index (Phi) is 4.78. The van der Waals surface area contributed by atoms with E-state index in [0.29, 0.717) is 5.92 Å². The van der Waals surface area contributed by atoms with Gasteiger partial charge in [-0.15, -0.1) is 11.3 Å². The number of hydrogen-bond donors (Lipinski definition) is 0. The van der Waals surface area contributed by atoms with Crippen LogP contribution in [0.2, 0.25) is 0 Å². The van der Waals surface area contributed by atoms with E-state index in [4.69, 9.17) is 0 Å². The minimum atomic E-state index is -0.669. The van der Waals surface area contributed by atoms with Crippen LogP contribution in [0.15, 0.2) is 41.4 Å². The molecule has 0 saturated carbocycles. The number of hydrogen-bond acceptors (Lipinski definition) is 3. The molecule has 0 spiro atoms. The summed E-state index contributed by atoms with van der Waals surface area (Å²) in [5.41, 5.74) is -0.168. The van der Waals surface area contributed by atoms with Gasteiger partial charge in [0.25, 0.3) is 0 Å². The van der Waals surface area contributed by atoms with Crippen LogP contribution in [0.5, 0.6) is 0 Å². The number of allylic oxidation sites excluding steroid dienone is 2. The number of halogens is 2. The summed E-state index contributed by atoms with van der Waals surface area (Å²) >= 11 is 5.99. The Morgan fingerprint density at radius 2 is 1.87 bits per heavy atom. The van der Waals surface area contributed by atoms with Crippen molar-refractivity contribution in [1.29, 1.82) is 0 Å². The third kappa shape index (κ3) is 3.62. The van der Waals surface area contributed by atoms with Gasteiger partial charge in [-0.3, -0.25) is 0 Å². The summed E-state index contributed by atoms with van der Waals surface area (Å²) in [5, 5.41) is 2.02. The Morgan fingerprint density at radius 3 is 2.61 bits per heavy atom. The van der Waals surface area contributed by atoms with E-state index in [1.54, 1.807) is 11.3 Å². The van der Waals surface area contributed by atoms with Crippen LogP contribution in [-0.2, 0) is 0 Å². The Balaban J connectivity index is 1.84. The molecule has 23 heavy (non-hydrogen) atoms. The smallest absolute Gasteiger partial charge is 0.151 e. The summed E-state index contributed by atoms with van der Waals surface area (Å²) in [6.07, 6.45) is 6.46. The fourth-order valence-electron chi connectivity index (χ4n) is 2.38. The Morgan fingerprint density at radius 1 is 1.09 bits per heavy atom. The van der Waals surface area contributed by atoms with E-state index in [0.717, 1.165) is 29.9 Å². The van der Waals surface area contributed by atoms with Crippen molar-refractivity contribution in [2.75, 3.05) is 0 Å². The molecule has 2 aromatic rings. The quantitative estimate of drug-likeness (QED) is 0.299. The fraction of sp³-hybridized carbons (Fsp3) is 0.167. The van der Waals surface area contributed by atoms with E-state index < -0.39 is 11.6 Å². The number of thiocarbonyl (C=S) groups is 1. The number of rotatable bonds is 2. The molecule has 0 aliphatic heterocycles. The molecule has 1 aliphatic rings. The van der Waals surface area contributed by atoms with E-state index in [2.05, 4.69) is 47.3 Å². The standard InChI is InChI=1S/C18H11F2NS2/c19-15-10-17(21-11-22)16(20)9-13(15)5-6-14-7-8-18(23-14)12-3-1-2-4-12/h1-2,7-10,12H,3-4H2. The highest BCUT2D eigenvalue weighted by Gasteiger charge is 2.14. The van der Waals surface area contributed by atoms with E-state index in [1.165, 1.54) is 4.88 Å². The molecule has 0 N–H and O–H groups in total. The summed E-state index contributed by atoms with van der Waals surface area (Å²) in [6, 6.07) is 5.98. The highest BCUT2D eigenvalue weighted by Crippen LogP contribution is 2.33. The highest BCUT2D eigenvalue weighted by atomic mass is 32.1. The third-order valence-electron chi connectivity index (χ3n) is 3.56. The summed E-state index contributed by atoms with van der Waals surface area (Å²) in [5.74, 6) is 4.81. The molecule has 1 aliphatic carbocycles. The third-order valence-corrected chi connectivity index (χ3v) is 4.81. The summed E-state index contributed by atoms with van der Waals surface area (Å²) < 4.78 is 27.6. The topological polar surface area (TPSA) is 12.4 Å². The Hall–Kier alpha value is -2.12. The van der Waals surface area contributed by atoms with Crippen molar-refractivity contribution in [3.63, 3.8) is 0 Å². The molecule has 0 bridgehead atoms. The molecule has 0 amide bonds. The maximum Gasteiger partial charge on any atom is 0.151 e. The predicted octanol–water partition coefficient (Wildman–Crippen LogP) is 5.59. The second kappa shape index (κ2) is 6.97. The predicted molar refractivity (Wildman–Crippen MR) is 92.5 cm³/mol. The Labute approximate surface area is 142 Å². The molecule has 0 unspecified atom stereocenters. The lowest BCUT2D eigenvalue weighted by Gasteiger charge is -2.03. The van der Waals surface area contributed by atoms with Crippen LogP contribution >= 0.6 is 23.6 Å². The van der Waals surface area contributed by atoms with Gasteiger partial charge in [0.15, 0.2) is 5.82 Å². The second-order valence-electron chi connectivity index (χ2n) is 5.08. The summed E-state index contributed by atoms with van der Waals surface area (Å²) in [7, 11) is 0. The van der Waals surface area contributed by atoms with Gasteiger partial charge in [-0.25, -0.2) is 8.78 Å². The Bertz CT molecular complexity index is 872. The van der Waals surface area contributed by atoms with Crippen LogP contribution in [0.25, 0.3) is 0 Å². The van der Waals surface area contributed by atoms with Crippen LogP contribution in [0.3, 0.4) is 0 Å². The van der Waals surface area contributed by atoms with Gasteiger partial charge in [-0.2, -0.15) is 4.99 Å². The summed E-state index contributed by atoms with van der Waals surface area (Å²) in [6.45, 7) is 0. The van der Waals surface area contributed by atoms with Crippen LogP contribution in [0.1, 0.15) is 34.1 Å². The monoisotopic (exact) mass is 343 g/mol. The van der Waals surface area contributed by atoms with Gasteiger partial charge in [0.05, 0.1) is 15.6 Å². The molecular weight excluding hydrogens is 332 g/mol. The lowest BCUT2D eigenvalue weighted by molar-refractivity contribution is 0.599. The lowest BCUT2D eigenvalue weighted by Crippen LogP contribution is -1.87. The number of thiophene rings is 1. The van der Waals surface area contributed by atoms with Crippen molar-refractivity contribution in [2.45, 2.75) is 18.8 Å². The van der Waals surface area contributed by atoms with Gasteiger partial charge in [-0.05, 0) is 43.3 Å². The maximum absolute atomic E-state index is 13.9. The molecule has 3 rings (SSSR count). The molecule has 0 atom stereocenters. The van der Waals surface area contributed by atoms with E-state index in [1.807, 2.05) is 11.2 Å². The molecule has 0 saturated heterocycles. The van der Waals surface area contributed by atoms with Crippen molar-refractivity contribution in [3.05, 3.63) is 63.4 Å². The highest BCUT2D eigenvalue weighted by molar-refractivity contribution is 7.78. The first-order valence-corrected chi connectivity index (χ1v) is 8.23. The van der Waals surface area contributed by atoms with Crippen molar-refractivity contribution >= 4 is 34.4 Å². The van der Waals surface area contributed by atoms with E-state index >= 15 is 0 Å². The molecule has 1 heterocycles. The average molecular weight is 343 g/mol. The fourth-order valence-corrected chi connectivity index (χ4v) is 3.47. The molecule has 1 aromatic carbocycles. The SMILES string of the molecule is Fc1cc(N=C=S)c(F)cc1C#Cc1ccc(C2CC=CC2)s1. The van der Waals surface area contributed by atoms with Crippen molar-refractivity contribution in [2.24, 2.45) is 4.99 Å². The number of nitrogens with zero attached hydrogens (tertiary/aromatic N) is 1. The molecule has 114 valence electrons. The van der Waals surface area contributed by atoms with E-state index in [-0.39, 0.29) is 11.3 Å². The van der Waals surface area contributed by atoms with Crippen LogP contribution in [0, 0.1) is 23.5 Å². The summed E-state index contributed by atoms with van der Waals surface area (Å²) in [4.78, 5) is 5.59. The number of aliphatic imine (C=N–C) groups is 1. The lowest BCUT2D eigenvalue weighted by atomic mass is 10.1. The zero-order valence-corrected chi connectivity index (χ0v) is 13.6. The maximum atomic E-state index is 13.9. The van der Waals surface area contributed by atoms with Gasteiger partial charge in [0, 0.05) is 16.9 Å². The van der Waals surface area contributed by atoms with Crippen LogP contribution in [0.4, 0.5) is 14.5 Å². The number of isothiocyanates is 1. The van der Waals surface area contributed by atoms with Crippen molar-refractivity contribution in [1.82, 2.24) is 0 Å². The minimum absolute atomic E-state index is 0.00306. The van der Waals surface area contributed by atoms with Gasteiger partial charge in [0.2, 0.25) is 0 Å². The molecule has 0 radical (unpaired) electrons. The zero-order valence-electron chi connectivity index (χ0n) is 12.0. The molecule has 0 fully saturated rings. The first-order valence-electron chi connectivity index (χ1n) is 7.01. The number of benzene rings is 1. The van der Waals surface area contributed by atoms with Crippen LogP contribution < -0.4 is 0 Å². The van der Waals surface area contributed by atoms with Gasteiger partial charge in [0.1, 0.15) is 11.5 Å². The van der Waals surface area contributed by atoms with E-state index in [9.17, 15) is 8.78 Å². The molecule has 1 aromatic heterocycles. The zero-order chi connectivity index (χ0) is 16.2. The first-order chi connectivity index (χ1) is 11.2.